The number of benzene rings is 1. The number of hydrogen-bond acceptors (Lipinski definition) is 5. The summed E-state index contributed by atoms with van der Waals surface area (Å²) in [5, 5.41) is 2.63. The van der Waals surface area contributed by atoms with Gasteiger partial charge in [-0.25, -0.2) is 0 Å². The number of carbonyl (C=O) groups is 3. The molecule has 130 valence electrons. The lowest BCUT2D eigenvalue weighted by molar-refractivity contribution is -0.129. The van der Waals surface area contributed by atoms with Crippen molar-refractivity contribution < 1.29 is 19.1 Å². The number of nitrogens with zero attached hydrogens (tertiary/aromatic N) is 1. The maximum atomic E-state index is 11.7. The van der Waals surface area contributed by atoms with E-state index in [0.717, 1.165) is 4.47 Å². The third kappa shape index (κ3) is 6.69. The Morgan fingerprint density at radius 2 is 1.84 bits per heavy atom. The molecule has 0 bridgehead atoms. The minimum absolute atomic E-state index is 0.295. The first kappa shape index (κ1) is 18.6. The van der Waals surface area contributed by atoms with E-state index in [9.17, 15) is 14.4 Å². The zero-order valence-corrected chi connectivity index (χ0v) is 14.6. The van der Waals surface area contributed by atoms with Gasteiger partial charge in [-0.1, -0.05) is 22.0 Å². The van der Waals surface area contributed by atoms with Crippen LogP contribution in [0.5, 0.6) is 0 Å². The van der Waals surface area contributed by atoms with Gasteiger partial charge in [-0.15, -0.1) is 0 Å². The SMILES string of the molecule is O=C(COCC(=O)Nc1cccc(Br)c1)NNC(=O)c1cccnc1. The highest BCUT2D eigenvalue weighted by molar-refractivity contribution is 9.10. The highest BCUT2D eigenvalue weighted by Gasteiger charge is 2.09. The van der Waals surface area contributed by atoms with Gasteiger partial charge in [-0.3, -0.25) is 30.2 Å². The molecule has 2 aromatic rings. The molecule has 1 heterocycles. The van der Waals surface area contributed by atoms with E-state index in [-0.39, 0.29) is 13.2 Å². The fraction of sp³-hybridized carbons (Fsp3) is 0.125. The summed E-state index contributed by atoms with van der Waals surface area (Å²) in [6.45, 7) is -0.671. The van der Waals surface area contributed by atoms with E-state index in [1.807, 2.05) is 6.07 Å². The molecule has 0 atom stereocenters. The van der Waals surface area contributed by atoms with Crippen LogP contribution in [-0.2, 0) is 14.3 Å². The summed E-state index contributed by atoms with van der Waals surface area (Å²) in [5.41, 5.74) is 5.31. The van der Waals surface area contributed by atoms with Crippen LogP contribution in [0.2, 0.25) is 0 Å². The third-order valence-corrected chi connectivity index (χ3v) is 3.31. The molecule has 0 saturated carbocycles. The number of aromatic nitrogens is 1. The molecule has 0 aliphatic carbocycles. The number of hydrogen-bond donors (Lipinski definition) is 3. The Morgan fingerprint density at radius 1 is 1.04 bits per heavy atom. The topological polar surface area (TPSA) is 109 Å². The number of carbonyl (C=O) groups excluding carboxylic acids is 3. The molecule has 3 N–H and O–H groups in total. The summed E-state index contributed by atoms with van der Waals surface area (Å²) < 4.78 is 5.83. The van der Waals surface area contributed by atoms with Gasteiger partial charge in [0.2, 0.25) is 5.91 Å². The quantitative estimate of drug-likeness (QED) is 0.625. The van der Waals surface area contributed by atoms with E-state index in [0.29, 0.717) is 11.3 Å². The summed E-state index contributed by atoms with van der Waals surface area (Å²) in [6, 6.07) is 10.2. The van der Waals surface area contributed by atoms with Crippen LogP contribution in [0.3, 0.4) is 0 Å². The summed E-state index contributed by atoms with van der Waals surface area (Å²) in [5.74, 6) is -1.49. The second kappa shape index (κ2) is 9.50. The molecule has 25 heavy (non-hydrogen) atoms. The lowest BCUT2D eigenvalue weighted by Gasteiger charge is -2.08. The number of halogens is 1. The van der Waals surface area contributed by atoms with Gasteiger partial charge < -0.3 is 10.1 Å². The fourth-order valence-electron chi connectivity index (χ4n) is 1.73. The Balaban J connectivity index is 1.65. The third-order valence-electron chi connectivity index (χ3n) is 2.81. The second-order valence-corrected chi connectivity index (χ2v) is 5.71. The lowest BCUT2D eigenvalue weighted by Crippen LogP contribution is -2.43. The van der Waals surface area contributed by atoms with E-state index in [4.69, 9.17) is 4.74 Å². The molecule has 0 unspecified atom stereocenters. The van der Waals surface area contributed by atoms with Gasteiger partial charge >= 0.3 is 0 Å². The van der Waals surface area contributed by atoms with E-state index in [2.05, 4.69) is 37.1 Å². The van der Waals surface area contributed by atoms with Gasteiger partial charge in [0.25, 0.3) is 11.8 Å². The number of hydrazine groups is 1. The normalized spacial score (nSPS) is 9.96. The minimum Gasteiger partial charge on any atom is -0.362 e. The average molecular weight is 407 g/mol. The molecule has 0 aliphatic heterocycles. The molecule has 8 nitrogen and oxygen atoms in total. The predicted octanol–water partition coefficient (Wildman–Crippen LogP) is 1.26. The predicted molar refractivity (Wildman–Crippen MR) is 93.4 cm³/mol. The van der Waals surface area contributed by atoms with E-state index in [1.54, 1.807) is 30.3 Å². The molecule has 3 amide bonds. The Labute approximate surface area is 152 Å². The van der Waals surface area contributed by atoms with Crippen LogP contribution in [-0.4, -0.2) is 35.9 Å². The van der Waals surface area contributed by atoms with Crippen LogP contribution < -0.4 is 16.2 Å². The van der Waals surface area contributed by atoms with Crippen molar-refractivity contribution in [3.05, 3.63) is 58.8 Å². The zero-order valence-electron chi connectivity index (χ0n) is 13.0. The number of rotatable bonds is 6. The largest absolute Gasteiger partial charge is 0.362 e. The summed E-state index contributed by atoms with van der Waals surface area (Å²) in [4.78, 5) is 38.7. The minimum atomic E-state index is -0.590. The van der Waals surface area contributed by atoms with Crippen molar-refractivity contribution >= 4 is 39.3 Å². The molecular weight excluding hydrogens is 392 g/mol. The molecule has 9 heteroatoms. The first-order chi connectivity index (χ1) is 12.0. The van der Waals surface area contributed by atoms with Crippen molar-refractivity contribution in [2.45, 2.75) is 0 Å². The first-order valence-corrected chi connectivity index (χ1v) is 7.96. The summed E-state index contributed by atoms with van der Waals surface area (Å²) in [6.07, 6.45) is 2.90. The van der Waals surface area contributed by atoms with Crippen molar-refractivity contribution in [1.82, 2.24) is 15.8 Å². The van der Waals surface area contributed by atoms with Crippen molar-refractivity contribution in [2.24, 2.45) is 0 Å². The molecule has 0 radical (unpaired) electrons. The Kier molecular flexibility index (Phi) is 7.05. The molecule has 2 rings (SSSR count). The molecule has 0 spiro atoms. The van der Waals surface area contributed by atoms with Crippen LogP contribution in [0.15, 0.2) is 53.3 Å². The molecular formula is C16H15BrN4O4. The van der Waals surface area contributed by atoms with Crippen molar-refractivity contribution in [3.8, 4) is 0 Å². The lowest BCUT2D eigenvalue weighted by atomic mass is 10.3. The van der Waals surface area contributed by atoms with Crippen LogP contribution in [0.25, 0.3) is 0 Å². The fourth-order valence-corrected chi connectivity index (χ4v) is 2.13. The maximum Gasteiger partial charge on any atom is 0.271 e. The van der Waals surface area contributed by atoms with Crippen molar-refractivity contribution in [2.75, 3.05) is 18.5 Å². The van der Waals surface area contributed by atoms with Gasteiger partial charge in [0.1, 0.15) is 13.2 Å². The zero-order chi connectivity index (χ0) is 18.1. The smallest absolute Gasteiger partial charge is 0.271 e. The Morgan fingerprint density at radius 3 is 2.56 bits per heavy atom. The average Bonchev–Trinajstić information content (AvgIpc) is 2.60. The Bertz CT molecular complexity index is 755. The maximum absolute atomic E-state index is 11.7. The highest BCUT2D eigenvalue weighted by atomic mass is 79.9. The standard InChI is InChI=1S/C16H15BrN4O4/c17-12-4-1-5-13(7-12)19-14(22)9-25-10-15(23)20-21-16(24)11-3-2-6-18-8-11/h1-8H,9-10H2,(H,19,22)(H,20,23)(H,21,24). The molecule has 1 aromatic heterocycles. The number of ether oxygens (including phenoxy) is 1. The molecule has 1 aromatic carbocycles. The van der Waals surface area contributed by atoms with E-state index in [1.165, 1.54) is 12.4 Å². The Hall–Kier alpha value is -2.78. The molecule has 0 aliphatic rings. The number of amides is 3. The number of anilines is 1. The van der Waals surface area contributed by atoms with Gasteiger partial charge in [0.05, 0.1) is 5.56 Å². The summed E-state index contributed by atoms with van der Waals surface area (Å²) in [7, 11) is 0. The monoisotopic (exact) mass is 406 g/mol. The van der Waals surface area contributed by atoms with Crippen molar-refractivity contribution in [1.29, 1.82) is 0 Å². The van der Waals surface area contributed by atoms with Crippen LogP contribution >= 0.6 is 15.9 Å². The molecule has 0 saturated heterocycles. The number of pyridine rings is 1. The van der Waals surface area contributed by atoms with Crippen LogP contribution in [0.1, 0.15) is 10.4 Å². The number of nitrogens with one attached hydrogen (secondary N) is 3. The van der Waals surface area contributed by atoms with E-state index < -0.39 is 17.7 Å². The van der Waals surface area contributed by atoms with Crippen LogP contribution in [0, 0.1) is 0 Å². The van der Waals surface area contributed by atoms with Gasteiger partial charge in [0.15, 0.2) is 0 Å². The van der Waals surface area contributed by atoms with Gasteiger partial charge in [-0.2, -0.15) is 0 Å². The summed E-state index contributed by atoms with van der Waals surface area (Å²) >= 11 is 3.30. The molecule has 0 fully saturated rings. The first-order valence-electron chi connectivity index (χ1n) is 7.17. The van der Waals surface area contributed by atoms with E-state index >= 15 is 0 Å². The van der Waals surface area contributed by atoms with Gasteiger partial charge in [0, 0.05) is 22.6 Å². The van der Waals surface area contributed by atoms with Gasteiger partial charge in [-0.05, 0) is 30.3 Å². The van der Waals surface area contributed by atoms with Crippen molar-refractivity contribution in [3.63, 3.8) is 0 Å². The second-order valence-electron chi connectivity index (χ2n) is 4.80. The van der Waals surface area contributed by atoms with Crippen LogP contribution in [0.4, 0.5) is 5.69 Å². The highest BCUT2D eigenvalue weighted by Crippen LogP contribution is 2.15.